The van der Waals surface area contributed by atoms with Crippen molar-refractivity contribution in [3.8, 4) is 0 Å². The number of esters is 4. The fourth-order valence-corrected chi connectivity index (χ4v) is 1.88. The first kappa shape index (κ1) is 21.9. The lowest BCUT2D eigenvalue weighted by Gasteiger charge is -2.17. The van der Waals surface area contributed by atoms with Crippen LogP contribution in [0.3, 0.4) is 0 Å². The van der Waals surface area contributed by atoms with E-state index < -0.39 is 42.2 Å². The number of ether oxygens (including phenoxy) is 4. The average molecular weight is 346 g/mol. The number of carbonyl (C=O) groups excluding carboxylic acids is 4. The van der Waals surface area contributed by atoms with Crippen LogP contribution in [0.1, 0.15) is 53.9 Å². The van der Waals surface area contributed by atoms with E-state index in [2.05, 4.69) is 0 Å². The summed E-state index contributed by atoms with van der Waals surface area (Å²) in [6, 6.07) is 0. The van der Waals surface area contributed by atoms with Gasteiger partial charge in [-0.2, -0.15) is 0 Å². The summed E-state index contributed by atoms with van der Waals surface area (Å²) in [5.41, 5.74) is 0. The molecule has 138 valence electrons. The highest BCUT2D eigenvalue weighted by atomic mass is 16.6. The van der Waals surface area contributed by atoms with Gasteiger partial charge in [0.15, 0.2) is 0 Å². The molecule has 8 heteroatoms. The maximum atomic E-state index is 11.7. The van der Waals surface area contributed by atoms with Crippen molar-refractivity contribution in [2.45, 2.75) is 72.2 Å². The largest absolute Gasteiger partial charge is 0.466 e. The zero-order chi connectivity index (χ0) is 18.7. The molecule has 0 aliphatic carbocycles. The fourth-order valence-electron chi connectivity index (χ4n) is 1.88. The average Bonchev–Trinajstić information content (AvgIpc) is 2.35. The van der Waals surface area contributed by atoms with Crippen LogP contribution < -0.4 is 0 Å². The normalized spacial score (nSPS) is 14.0. The summed E-state index contributed by atoms with van der Waals surface area (Å²) in [4.78, 5) is 45.4. The van der Waals surface area contributed by atoms with Crippen molar-refractivity contribution < 1.29 is 38.1 Å². The Balaban J connectivity index is 4.10. The highest BCUT2D eigenvalue weighted by molar-refractivity contribution is 5.74. The Kier molecular flexibility index (Phi) is 10.4. The molecular weight excluding hydrogens is 320 g/mol. The minimum absolute atomic E-state index is 0.0341. The number of hydrogen-bond acceptors (Lipinski definition) is 8. The molecule has 0 aromatic rings. The summed E-state index contributed by atoms with van der Waals surface area (Å²) >= 11 is 0. The summed E-state index contributed by atoms with van der Waals surface area (Å²) in [7, 11) is 0. The van der Waals surface area contributed by atoms with Crippen LogP contribution in [0.15, 0.2) is 0 Å². The molecule has 0 bridgehead atoms. The lowest BCUT2D eigenvalue weighted by Crippen LogP contribution is -2.26. The molecule has 0 saturated heterocycles. The summed E-state index contributed by atoms with van der Waals surface area (Å²) in [6.07, 6.45) is -2.18. The first-order valence-electron chi connectivity index (χ1n) is 7.85. The molecule has 0 unspecified atom stereocenters. The summed E-state index contributed by atoms with van der Waals surface area (Å²) < 4.78 is 19.7. The Morgan fingerprint density at radius 3 is 1.46 bits per heavy atom. The van der Waals surface area contributed by atoms with Gasteiger partial charge in [0.2, 0.25) is 0 Å². The molecule has 3 atom stereocenters. The molecule has 0 amide bonds. The molecule has 0 saturated carbocycles. The Hall–Kier alpha value is -2.12. The second-order valence-corrected chi connectivity index (χ2v) is 5.44. The Labute approximate surface area is 141 Å². The Bertz CT molecular complexity index is 445. The predicted octanol–water partition coefficient (Wildman–Crippen LogP) is 1.53. The van der Waals surface area contributed by atoms with Crippen LogP contribution in [0.25, 0.3) is 0 Å². The van der Waals surface area contributed by atoms with Crippen molar-refractivity contribution in [3.05, 3.63) is 0 Å². The SMILES string of the molecule is CCOC(=O)C[C@@H](C)OC(=O)C[C@@H](C)OC(=O)C[C@@H](C)OC(C)=O. The summed E-state index contributed by atoms with van der Waals surface area (Å²) in [6.45, 7) is 7.89. The van der Waals surface area contributed by atoms with Gasteiger partial charge in [0.1, 0.15) is 18.3 Å². The maximum absolute atomic E-state index is 11.7. The maximum Gasteiger partial charge on any atom is 0.309 e. The molecular formula is C16H26O8. The Morgan fingerprint density at radius 2 is 1.08 bits per heavy atom. The van der Waals surface area contributed by atoms with Gasteiger partial charge < -0.3 is 18.9 Å². The highest BCUT2D eigenvalue weighted by Gasteiger charge is 2.20. The van der Waals surface area contributed by atoms with Crippen LogP contribution in [0.2, 0.25) is 0 Å². The molecule has 0 spiro atoms. The van der Waals surface area contributed by atoms with Crippen LogP contribution in [-0.4, -0.2) is 48.8 Å². The topological polar surface area (TPSA) is 105 Å². The number of rotatable bonds is 10. The van der Waals surface area contributed by atoms with E-state index in [1.54, 1.807) is 27.7 Å². The van der Waals surface area contributed by atoms with Crippen LogP contribution in [-0.2, 0) is 38.1 Å². The van der Waals surface area contributed by atoms with E-state index in [4.69, 9.17) is 18.9 Å². The van der Waals surface area contributed by atoms with Gasteiger partial charge in [-0.1, -0.05) is 0 Å². The van der Waals surface area contributed by atoms with Gasteiger partial charge in [0, 0.05) is 6.92 Å². The summed E-state index contributed by atoms with van der Waals surface area (Å²) in [5, 5.41) is 0. The number of carbonyl (C=O) groups is 4. The van der Waals surface area contributed by atoms with Crippen molar-refractivity contribution in [3.63, 3.8) is 0 Å². The zero-order valence-electron chi connectivity index (χ0n) is 14.8. The fraction of sp³-hybridized carbons (Fsp3) is 0.750. The lowest BCUT2D eigenvalue weighted by molar-refractivity contribution is -0.159. The molecule has 0 fully saturated rings. The van der Waals surface area contributed by atoms with E-state index in [-0.39, 0.29) is 25.9 Å². The molecule has 0 N–H and O–H groups in total. The minimum Gasteiger partial charge on any atom is -0.466 e. The van der Waals surface area contributed by atoms with Gasteiger partial charge in [0.05, 0.1) is 25.9 Å². The smallest absolute Gasteiger partial charge is 0.309 e. The van der Waals surface area contributed by atoms with E-state index in [9.17, 15) is 19.2 Å². The molecule has 0 heterocycles. The van der Waals surface area contributed by atoms with Crippen molar-refractivity contribution >= 4 is 23.9 Å². The van der Waals surface area contributed by atoms with Crippen LogP contribution in [0.5, 0.6) is 0 Å². The lowest BCUT2D eigenvalue weighted by atomic mass is 10.2. The standard InChI is InChI=1S/C16H26O8/c1-6-21-14(18)7-11(3)23-16(20)9-12(4)24-15(19)8-10(2)22-13(5)17/h10-12H,6-9H2,1-5H3/t10-,11-,12-/m1/s1. The molecule has 0 aromatic heterocycles. The molecule has 0 radical (unpaired) electrons. The van der Waals surface area contributed by atoms with E-state index in [1.807, 2.05) is 0 Å². The van der Waals surface area contributed by atoms with Gasteiger partial charge in [0.25, 0.3) is 0 Å². The van der Waals surface area contributed by atoms with E-state index in [0.717, 1.165) is 0 Å². The summed E-state index contributed by atoms with van der Waals surface area (Å²) in [5.74, 6) is -2.09. The molecule has 24 heavy (non-hydrogen) atoms. The minimum atomic E-state index is -0.690. The monoisotopic (exact) mass is 346 g/mol. The predicted molar refractivity (Wildman–Crippen MR) is 82.8 cm³/mol. The molecule has 8 nitrogen and oxygen atoms in total. The van der Waals surface area contributed by atoms with Crippen LogP contribution >= 0.6 is 0 Å². The highest BCUT2D eigenvalue weighted by Crippen LogP contribution is 2.08. The van der Waals surface area contributed by atoms with Crippen LogP contribution in [0, 0.1) is 0 Å². The first-order valence-corrected chi connectivity index (χ1v) is 7.85. The van der Waals surface area contributed by atoms with Gasteiger partial charge in [-0.05, 0) is 27.7 Å². The number of hydrogen-bond donors (Lipinski definition) is 0. The van der Waals surface area contributed by atoms with E-state index in [0.29, 0.717) is 0 Å². The van der Waals surface area contributed by atoms with E-state index >= 15 is 0 Å². The second-order valence-electron chi connectivity index (χ2n) is 5.44. The van der Waals surface area contributed by atoms with Crippen molar-refractivity contribution in [1.29, 1.82) is 0 Å². The van der Waals surface area contributed by atoms with Crippen molar-refractivity contribution in [2.24, 2.45) is 0 Å². The third kappa shape index (κ3) is 11.4. The van der Waals surface area contributed by atoms with E-state index in [1.165, 1.54) is 6.92 Å². The molecule has 0 rings (SSSR count). The zero-order valence-corrected chi connectivity index (χ0v) is 14.8. The third-order valence-corrected chi connectivity index (χ3v) is 2.70. The molecule has 0 aliphatic rings. The molecule has 0 aliphatic heterocycles. The van der Waals surface area contributed by atoms with Gasteiger partial charge in [-0.15, -0.1) is 0 Å². The van der Waals surface area contributed by atoms with Crippen molar-refractivity contribution in [1.82, 2.24) is 0 Å². The van der Waals surface area contributed by atoms with Gasteiger partial charge >= 0.3 is 23.9 Å². The van der Waals surface area contributed by atoms with Crippen molar-refractivity contribution in [2.75, 3.05) is 6.61 Å². The van der Waals surface area contributed by atoms with Gasteiger partial charge in [-0.3, -0.25) is 19.2 Å². The quantitative estimate of drug-likeness (QED) is 0.433. The Morgan fingerprint density at radius 1 is 0.708 bits per heavy atom. The second kappa shape index (κ2) is 11.4. The first-order chi connectivity index (χ1) is 11.1. The van der Waals surface area contributed by atoms with Crippen LogP contribution in [0.4, 0.5) is 0 Å². The molecule has 0 aromatic carbocycles. The van der Waals surface area contributed by atoms with Gasteiger partial charge in [-0.25, -0.2) is 0 Å². The third-order valence-electron chi connectivity index (χ3n) is 2.70.